The van der Waals surface area contributed by atoms with Crippen molar-refractivity contribution in [2.24, 2.45) is 17.6 Å². The van der Waals surface area contributed by atoms with Gasteiger partial charge in [-0.15, -0.1) is 0 Å². The number of hydrogen-bond donors (Lipinski definition) is 1. The van der Waals surface area contributed by atoms with Crippen LogP contribution in [-0.4, -0.2) is 29.9 Å². The Morgan fingerprint density at radius 1 is 1.24 bits per heavy atom. The Morgan fingerprint density at radius 3 is 2.76 bits per heavy atom. The molecule has 0 aromatic rings. The summed E-state index contributed by atoms with van der Waals surface area (Å²) in [5.41, 5.74) is 5.79. The van der Waals surface area contributed by atoms with E-state index in [4.69, 9.17) is 5.73 Å². The Morgan fingerprint density at radius 2 is 2.06 bits per heavy atom. The summed E-state index contributed by atoms with van der Waals surface area (Å²) < 4.78 is 0. The van der Waals surface area contributed by atoms with Crippen LogP contribution in [-0.2, 0) is 4.79 Å². The lowest BCUT2D eigenvalue weighted by Gasteiger charge is -2.37. The zero-order valence-corrected chi connectivity index (χ0v) is 11.0. The second-order valence-electron chi connectivity index (χ2n) is 5.62. The maximum atomic E-state index is 12.6. The van der Waals surface area contributed by atoms with Gasteiger partial charge in [0, 0.05) is 18.5 Å². The topological polar surface area (TPSA) is 46.3 Å². The molecule has 1 amide bonds. The van der Waals surface area contributed by atoms with Crippen LogP contribution >= 0.6 is 0 Å². The summed E-state index contributed by atoms with van der Waals surface area (Å²) in [6.45, 7) is 3.86. The summed E-state index contributed by atoms with van der Waals surface area (Å²) in [6, 6.07) is 0.496. The van der Waals surface area contributed by atoms with E-state index in [9.17, 15) is 4.79 Å². The van der Waals surface area contributed by atoms with Gasteiger partial charge in [0.05, 0.1) is 0 Å². The van der Waals surface area contributed by atoms with E-state index >= 15 is 0 Å². The van der Waals surface area contributed by atoms with Crippen molar-refractivity contribution in [3.63, 3.8) is 0 Å². The molecule has 2 aliphatic rings. The molecule has 1 saturated heterocycles. The molecule has 17 heavy (non-hydrogen) atoms. The predicted octanol–water partition coefficient (Wildman–Crippen LogP) is 2.15. The van der Waals surface area contributed by atoms with E-state index in [0.29, 0.717) is 24.4 Å². The molecule has 1 aliphatic heterocycles. The normalized spacial score (nSPS) is 34.0. The quantitative estimate of drug-likeness (QED) is 0.819. The maximum absolute atomic E-state index is 12.6. The summed E-state index contributed by atoms with van der Waals surface area (Å²) in [5.74, 6) is 1.08. The molecule has 0 spiro atoms. The van der Waals surface area contributed by atoms with Gasteiger partial charge in [-0.05, 0) is 51.0 Å². The van der Waals surface area contributed by atoms with Crippen LogP contribution in [0.3, 0.4) is 0 Å². The zero-order chi connectivity index (χ0) is 12.3. The van der Waals surface area contributed by atoms with Gasteiger partial charge in [-0.1, -0.05) is 13.3 Å². The van der Waals surface area contributed by atoms with E-state index in [2.05, 4.69) is 11.8 Å². The third-order valence-electron chi connectivity index (χ3n) is 4.66. The minimum atomic E-state index is 0.229. The van der Waals surface area contributed by atoms with Crippen LogP contribution in [0.25, 0.3) is 0 Å². The second-order valence-corrected chi connectivity index (χ2v) is 5.62. The zero-order valence-electron chi connectivity index (χ0n) is 11.0. The smallest absolute Gasteiger partial charge is 0.226 e. The van der Waals surface area contributed by atoms with Crippen molar-refractivity contribution in [2.75, 3.05) is 13.1 Å². The summed E-state index contributed by atoms with van der Waals surface area (Å²) in [6.07, 6.45) is 8.16. The van der Waals surface area contributed by atoms with E-state index in [1.807, 2.05) is 0 Å². The van der Waals surface area contributed by atoms with Gasteiger partial charge in [0.1, 0.15) is 0 Å². The number of nitrogens with zero attached hydrogens (tertiary/aromatic N) is 1. The van der Waals surface area contributed by atoms with Crippen molar-refractivity contribution in [1.82, 2.24) is 4.90 Å². The van der Waals surface area contributed by atoms with Gasteiger partial charge in [-0.3, -0.25) is 4.79 Å². The van der Waals surface area contributed by atoms with Gasteiger partial charge in [0.2, 0.25) is 5.91 Å². The van der Waals surface area contributed by atoms with Crippen LogP contribution in [0, 0.1) is 11.8 Å². The second kappa shape index (κ2) is 5.85. The highest BCUT2D eigenvalue weighted by atomic mass is 16.2. The van der Waals surface area contributed by atoms with Crippen molar-refractivity contribution in [3.8, 4) is 0 Å². The monoisotopic (exact) mass is 238 g/mol. The van der Waals surface area contributed by atoms with E-state index in [0.717, 1.165) is 25.8 Å². The first-order valence-corrected chi connectivity index (χ1v) is 7.28. The summed E-state index contributed by atoms with van der Waals surface area (Å²) in [4.78, 5) is 14.8. The minimum Gasteiger partial charge on any atom is -0.339 e. The molecule has 98 valence electrons. The molecule has 3 heteroatoms. The van der Waals surface area contributed by atoms with Gasteiger partial charge in [0.25, 0.3) is 0 Å². The van der Waals surface area contributed by atoms with Crippen molar-refractivity contribution in [3.05, 3.63) is 0 Å². The fourth-order valence-corrected chi connectivity index (χ4v) is 3.57. The standard InChI is InChI=1S/C14H26N2O/c1-2-12-7-3-4-9-16(12)14(17)13-8-5-6-11(13)10-15/h11-13H,2-10,15H2,1H3/t11-,12?,13-/m1/s1. The van der Waals surface area contributed by atoms with Crippen molar-refractivity contribution < 1.29 is 4.79 Å². The van der Waals surface area contributed by atoms with Crippen molar-refractivity contribution in [2.45, 2.75) is 57.9 Å². The molecular formula is C14H26N2O. The molecule has 0 radical (unpaired) electrons. The van der Waals surface area contributed by atoms with E-state index in [1.165, 1.54) is 25.7 Å². The van der Waals surface area contributed by atoms with Crippen LogP contribution in [0.1, 0.15) is 51.9 Å². The molecule has 2 N–H and O–H groups in total. The summed E-state index contributed by atoms with van der Waals surface area (Å²) >= 11 is 0. The average Bonchev–Trinajstić information content (AvgIpc) is 2.86. The summed E-state index contributed by atoms with van der Waals surface area (Å²) in [7, 11) is 0. The molecule has 1 aliphatic carbocycles. The fraction of sp³-hybridized carbons (Fsp3) is 0.929. The number of amides is 1. The van der Waals surface area contributed by atoms with Crippen molar-refractivity contribution in [1.29, 1.82) is 0 Å². The molecule has 1 saturated carbocycles. The Balaban J connectivity index is 2.02. The van der Waals surface area contributed by atoms with Gasteiger partial charge >= 0.3 is 0 Å². The van der Waals surface area contributed by atoms with Gasteiger partial charge in [-0.25, -0.2) is 0 Å². The lowest BCUT2D eigenvalue weighted by atomic mass is 9.91. The number of rotatable bonds is 3. The molecular weight excluding hydrogens is 212 g/mol. The molecule has 3 atom stereocenters. The third-order valence-corrected chi connectivity index (χ3v) is 4.66. The minimum absolute atomic E-state index is 0.229. The number of piperidine rings is 1. The van der Waals surface area contributed by atoms with E-state index in [-0.39, 0.29) is 5.92 Å². The van der Waals surface area contributed by atoms with Crippen LogP contribution in [0.2, 0.25) is 0 Å². The first-order chi connectivity index (χ1) is 8.27. The first kappa shape index (κ1) is 12.9. The number of nitrogens with two attached hydrogens (primary N) is 1. The van der Waals surface area contributed by atoms with E-state index < -0.39 is 0 Å². The molecule has 0 bridgehead atoms. The highest BCUT2D eigenvalue weighted by Gasteiger charge is 2.37. The number of carbonyl (C=O) groups is 1. The molecule has 2 rings (SSSR count). The van der Waals surface area contributed by atoms with Crippen LogP contribution in [0.5, 0.6) is 0 Å². The fourth-order valence-electron chi connectivity index (χ4n) is 3.57. The van der Waals surface area contributed by atoms with Crippen LogP contribution in [0.4, 0.5) is 0 Å². The number of likely N-dealkylation sites (tertiary alicyclic amines) is 1. The molecule has 3 nitrogen and oxygen atoms in total. The SMILES string of the molecule is CCC1CCCCN1C(=O)[C@@H]1CCC[C@@H]1CN. The Hall–Kier alpha value is -0.570. The van der Waals surface area contributed by atoms with Gasteiger partial charge < -0.3 is 10.6 Å². The Bertz CT molecular complexity index is 267. The first-order valence-electron chi connectivity index (χ1n) is 7.28. The highest BCUT2D eigenvalue weighted by Crippen LogP contribution is 2.34. The highest BCUT2D eigenvalue weighted by molar-refractivity contribution is 5.80. The van der Waals surface area contributed by atoms with Crippen molar-refractivity contribution >= 4 is 5.91 Å². The Labute approximate surface area is 105 Å². The number of carbonyl (C=O) groups excluding carboxylic acids is 1. The van der Waals surface area contributed by atoms with Crippen LogP contribution < -0.4 is 5.73 Å². The average molecular weight is 238 g/mol. The molecule has 1 unspecified atom stereocenters. The molecule has 1 heterocycles. The Kier molecular flexibility index (Phi) is 4.43. The predicted molar refractivity (Wildman–Crippen MR) is 69.5 cm³/mol. The lowest BCUT2D eigenvalue weighted by Crippen LogP contribution is -2.47. The lowest BCUT2D eigenvalue weighted by molar-refractivity contribution is -0.140. The van der Waals surface area contributed by atoms with Gasteiger partial charge in [-0.2, -0.15) is 0 Å². The summed E-state index contributed by atoms with van der Waals surface area (Å²) in [5, 5.41) is 0. The molecule has 0 aromatic carbocycles. The van der Waals surface area contributed by atoms with Gasteiger partial charge in [0.15, 0.2) is 0 Å². The molecule has 0 aromatic heterocycles. The van der Waals surface area contributed by atoms with E-state index in [1.54, 1.807) is 0 Å². The largest absolute Gasteiger partial charge is 0.339 e. The maximum Gasteiger partial charge on any atom is 0.226 e. The third kappa shape index (κ3) is 2.65. The number of hydrogen-bond acceptors (Lipinski definition) is 2. The van der Waals surface area contributed by atoms with Crippen LogP contribution in [0.15, 0.2) is 0 Å². The molecule has 2 fully saturated rings.